The van der Waals surface area contributed by atoms with Crippen molar-refractivity contribution in [2.45, 2.75) is 18.9 Å². The summed E-state index contributed by atoms with van der Waals surface area (Å²) >= 11 is 6.19. The highest BCUT2D eigenvalue weighted by molar-refractivity contribution is 6.30. The van der Waals surface area contributed by atoms with E-state index >= 15 is 0 Å². The van der Waals surface area contributed by atoms with Gasteiger partial charge in [-0.05, 0) is 66.5 Å². The number of hydrogen-bond donors (Lipinski definition) is 3. The summed E-state index contributed by atoms with van der Waals surface area (Å²) in [5.41, 5.74) is 3.57. The molecule has 1 fully saturated rings. The van der Waals surface area contributed by atoms with Gasteiger partial charge < -0.3 is 16.0 Å². The zero-order valence-electron chi connectivity index (χ0n) is 13.6. The quantitative estimate of drug-likeness (QED) is 0.803. The minimum absolute atomic E-state index is 0.528. The molecule has 2 heterocycles. The predicted octanol–water partition coefficient (Wildman–Crippen LogP) is 2.29. The Hall–Kier alpha value is -1.97. The largest absolute Gasteiger partial charge is 0.387 e. The number of hydrogen-bond acceptors (Lipinski definition) is 3. The van der Waals surface area contributed by atoms with Crippen LogP contribution in [-0.4, -0.2) is 25.7 Å². The molecule has 0 spiro atoms. The fraction of sp³-hybridized carbons (Fsp3) is 0.300. The lowest BCUT2D eigenvalue weighted by atomic mass is 10.00. The van der Waals surface area contributed by atoms with Gasteiger partial charge in [-0.3, -0.25) is 0 Å². The fourth-order valence-electron chi connectivity index (χ4n) is 3.48. The van der Waals surface area contributed by atoms with Crippen molar-refractivity contribution < 1.29 is 0 Å². The highest BCUT2D eigenvalue weighted by Gasteiger charge is 2.14. The molecule has 0 amide bonds. The van der Waals surface area contributed by atoms with Gasteiger partial charge in [0.25, 0.3) is 0 Å². The first-order valence-corrected chi connectivity index (χ1v) is 8.98. The molecule has 0 aliphatic carbocycles. The number of halogens is 1. The maximum absolute atomic E-state index is 6.19. The van der Waals surface area contributed by atoms with Crippen molar-refractivity contribution >= 4 is 29.6 Å². The highest BCUT2D eigenvalue weighted by Crippen LogP contribution is 2.23. The third-order valence-electron chi connectivity index (χ3n) is 4.75. The number of fused-ring (bicyclic) bond motifs is 1. The third kappa shape index (κ3) is 3.28. The van der Waals surface area contributed by atoms with E-state index in [1.165, 1.54) is 21.7 Å². The Kier molecular flexibility index (Phi) is 4.46. The van der Waals surface area contributed by atoms with Gasteiger partial charge in [0.05, 0.1) is 0 Å². The zero-order chi connectivity index (χ0) is 16.4. The maximum atomic E-state index is 6.19. The molecule has 4 heteroatoms. The van der Waals surface area contributed by atoms with Crippen LogP contribution in [0.4, 0.5) is 5.69 Å². The van der Waals surface area contributed by atoms with Crippen LogP contribution in [0.5, 0.6) is 0 Å². The van der Waals surface area contributed by atoms with Crippen molar-refractivity contribution in [3.63, 3.8) is 0 Å². The van der Waals surface area contributed by atoms with E-state index in [4.69, 9.17) is 11.6 Å². The first-order chi connectivity index (χ1) is 11.8. The summed E-state index contributed by atoms with van der Waals surface area (Å²) in [7, 11) is 0. The number of anilines is 1. The van der Waals surface area contributed by atoms with Gasteiger partial charge >= 0.3 is 0 Å². The van der Waals surface area contributed by atoms with E-state index in [1.54, 1.807) is 0 Å². The van der Waals surface area contributed by atoms with Crippen molar-refractivity contribution in [2.75, 3.05) is 25.0 Å². The van der Waals surface area contributed by atoms with Crippen LogP contribution in [0.2, 0.25) is 5.02 Å². The number of piperidine rings is 1. The molecule has 2 aromatic carbocycles. The summed E-state index contributed by atoms with van der Waals surface area (Å²) in [4.78, 5) is 0. The summed E-state index contributed by atoms with van der Waals surface area (Å²) < 4.78 is 0. The first-order valence-electron chi connectivity index (χ1n) is 8.61. The summed E-state index contributed by atoms with van der Waals surface area (Å²) in [6.45, 7) is 3.04. The molecule has 0 aromatic heterocycles. The fourth-order valence-corrected chi connectivity index (χ4v) is 3.67. The van der Waals surface area contributed by atoms with E-state index in [0.29, 0.717) is 6.04 Å². The van der Waals surface area contributed by atoms with Crippen LogP contribution in [0.3, 0.4) is 0 Å². The topological polar surface area (TPSA) is 36.1 Å². The Morgan fingerprint density at radius 2 is 1.92 bits per heavy atom. The molecule has 124 valence electrons. The van der Waals surface area contributed by atoms with Crippen LogP contribution in [-0.2, 0) is 0 Å². The Morgan fingerprint density at radius 1 is 1.04 bits per heavy atom. The predicted molar refractivity (Wildman–Crippen MR) is 103 cm³/mol. The lowest BCUT2D eigenvalue weighted by Crippen LogP contribution is -2.40. The second kappa shape index (κ2) is 6.88. The van der Waals surface area contributed by atoms with Gasteiger partial charge in [0.2, 0.25) is 0 Å². The standard InChI is InChI=1S/C20H22ClN3/c21-17-3-1-2-14(11-17)16-10-15-4-7-23-13-19(15)20(12-16)24-18-5-8-22-9-6-18/h1-4,10-13,18,22-24H,5-9H2. The molecule has 0 saturated carbocycles. The van der Waals surface area contributed by atoms with E-state index in [0.717, 1.165) is 43.1 Å². The van der Waals surface area contributed by atoms with Crippen molar-refractivity contribution in [3.8, 4) is 11.1 Å². The summed E-state index contributed by atoms with van der Waals surface area (Å²) in [6.07, 6.45) is 6.69. The SMILES string of the molecule is Clc1cccc(-c2cc(NC3CCNCC3)c3c(c2)=CCNC=3)c1. The normalized spacial score (nSPS) is 17.2. The van der Waals surface area contributed by atoms with Gasteiger partial charge in [-0.1, -0.05) is 29.8 Å². The molecule has 1 saturated heterocycles. The minimum atomic E-state index is 0.528. The first kappa shape index (κ1) is 15.6. The van der Waals surface area contributed by atoms with Crippen molar-refractivity contribution in [3.05, 3.63) is 51.9 Å². The van der Waals surface area contributed by atoms with Crippen LogP contribution in [0, 0.1) is 0 Å². The molecule has 4 rings (SSSR count). The Bertz CT molecular complexity index is 854. The molecule has 3 nitrogen and oxygen atoms in total. The zero-order valence-corrected chi connectivity index (χ0v) is 14.4. The minimum Gasteiger partial charge on any atom is -0.387 e. The van der Waals surface area contributed by atoms with Crippen molar-refractivity contribution in [1.82, 2.24) is 10.6 Å². The highest BCUT2D eigenvalue weighted by atomic mass is 35.5. The average molecular weight is 340 g/mol. The van der Waals surface area contributed by atoms with Crippen molar-refractivity contribution in [1.29, 1.82) is 0 Å². The Balaban J connectivity index is 1.78. The molecule has 0 unspecified atom stereocenters. The molecule has 0 atom stereocenters. The second-order valence-corrected chi connectivity index (χ2v) is 6.90. The van der Waals surface area contributed by atoms with Crippen LogP contribution in [0.15, 0.2) is 36.4 Å². The van der Waals surface area contributed by atoms with Crippen LogP contribution in [0.25, 0.3) is 23.4 Å². The van der Waals surface area contributed by atoms with E-state index < -0.39 is 0 Å². The smallest absolute Gasteiger partial charge is 0.0442 e. The molecule has 2 aliphatic heterocycles. The number of benzene rings is 2. The van der Waals surface area contributed by atoms with Gasteiger partial charge in [-0.15, -0.1) is 0 Å². The van der Waals surface area contributed by atoms with Gasteiger partial charge in [0.15, 0.2) is 0 Å². The molecule has 24 heavy (non-hydrogen) atoms. The lowest BCUT2D eigenvalue weighted by molar-refractivity contribution is 0.479. The van der Waals surface area contributed by atoms with E-state index in [9.17, 15) is 0 Å². The number of nitrogens with one attached hydrogen (secondary N) is 3. The van der Waals surface area contributed by atoms with E-state index in [-0.39, 0.29) is 0 Å². The molecule has 0 bridgehead atoms. The third-order valence-corrected chi connectivity index (χ3v) is 4.99. The van der Waals surface area contributed by atoms with Gasteiger partial charge in [0, 0.05) is 34.7 Å². The number of rotatable bonds is 3. The molecule has 3 N–H and O–H groups in total. The van der Waals surface area contributed by atoms with Crippen LogP contribution >= 0.6 is 11.6 Å². The molecular weight excluding hydrogens is 318 g/mol. The molecular formula is C20H22ClN3. The molecule has 2 aliphatic rings. The van der Waals surface area contributed by atoms with E-state index in [2.05, 4.69) is 46.4 Å². The monoisotopic (exact) mass is 339 g/mol. The summed E-state index contributed by atoms with van der Waals surface area (Å²) in [6, 6.07) is 13.1. The van der Waals surface area contributed by atoms with Gasteiger partial charge in [-0.2, -0.15) is 0 Å². The molecule has 0 radical (unpaired) electrons. The van der Waals surface area contributed by atoms with E-state index in [1.807, 2.05) is 18.2 Å². The van der Waals surface area contributed by atoms with Crippen molar-refractivity contribution in [2.24, 2.45) is 0 Å². The average Bonchev–Trinajstić information content (AvgIpc) is 2.62. The second-order valence-electron chi connectivity index (χ2n) is 6.46. The molecule has 2 aromatic rings. The Morgan fingerprint density at radius 3 is 2.75 bits per heavy atom. The maximum Gasteiger partial charge on any atom is 0.0442 e. The van der Waals surface area contributed by atoms with Crippen LogP contribution < -0.4 is 26.4 Å². The Labute approximate surface area is 147 Å². The summed E-state index contributed by atoms with van der Waals surface area (Å²) in [5.74, 6) is 0. The summed E-state index contributed by atoms with van der Waals surface area (Å²) in [5, 5.41) is 13.8. The van der Waals surface area contributed by atoms with Crippen LogP contribution in [0.1, 0.15) is 12.8 Å². The van der Waals surface area contributed by atoms with Gasteiger partial charge in [-0.25, -0.2) is 0 Å². The van der Waals surface area contributed by atoms with Gasteiger partial charge in [0.1, 0.15) is 0 Å². The lowest BCUT2D eigenvalue weighted by Gasteiger charge is -2.25.